The SMILES string of the molecule is CC(=O)Oc1c(C)oc2cc(OCc3ccc(Cl)cc3Cl)c(-c3cnn(C)c3)cc12. The molecule has 8 heteroatoms. The van der Waals surface area contributed by atoms with Crippen molar-refractivity contribution in [2.45, 2.75) is 20.5 Å². The third-order valence-electron chi connectivity index (χ3n) is 4.57. The topological polar surface area (TPSA) is 66.5 Å². The second kappa shape index (κ2) is 8.05. The van der Waals surface area contributed by atoms with Crippen LogP contribution in [0.25, 0.3) is 22.1 Å². The summed E-state index contributed by atoms with van der Waals surface area (Å²) >= 11 is 12.3. The number of rotatable bonds is 5. The summed E-state index contributed by atoms with van der Waals surface area (Å²) in [4.78, 5) is 11.5. The number of hydrogen-bond donors (Lipinski definition) is 0. The van der Waals surface area contributed by atoms with Crippen LogP contribution in [0.15, 0.2) is 47.1 Å². The van der Waals surface area contributed by atoms with Gasteiger partial charge in [-0.25, -0.2) is 0 Å². The van der Waals surface area contributed by atoms with Crippen molar-refractivity contribution >= 4 is 40.1 Å². The first-order valence-corrected chi connectivity index (χ1v) is 9.88. The Morgan fingerprint density at radius 3 is 2.70 bits per heavy atom. The van der Waals surface area contributed by atoms with E-state index in [1.54, 1.807) is 36.0 Å². The quantitative estimate of drug-likeness (QED) is 0.355. The van der Waals surface area contributed by atoms with Crippen molar-refractivity contribution in [1.82, 2.24) is 9.78 Å². The zero-order valence-electron chi connectivity index (χ0n) is 16.5. The Kier molecular flexibility index (Phi) is 5.45. The van der Waals surface area contributed by atoms with Gasteiger partial charge in [0.25, 0.3) is 0 Å². The Morgan fingerprint density at radius 2 is 2.03 bits per heavy atom. The predicted octanol–water partition coefficient (Wildman–Crippen LogP) is 5.95. The zero-order valence-corrected chi connectivity index (χ0v) is 18.0. The van der Waals surface area contributed by atoms with E-state index in [1.165, 1.54) is 6.92 Å². The number of nitrogens with zero attached hydrogens (tertiary/aromatic N) is 2. The van der Waals surface area contributed by atoms with E-state index in [4.69, 9.17) is 37.1 Å². The zero-order chi connectivity index (χ0) is 21.4. The van der Waals surface area contributed by atoms with Gasteiger partial charge in [-0.15, -0.1) is 0 Å². The number of halogens is 2. The van der Waals surface area contributed by atoms with Gasteiger partial charge in [-0.2, -0.15) is 5.10 Å². The predicted molar refractivity (Wildman–Crippen MR) is 115 cm³/mol. The summed E-state index contributed by atoms with van der Waals surface area (Å²) in [6.07, 6.45) is 3.61. The summed E-state index contributed by atoms with van der Waals surface area (Å²) in [5, 5.41) is 6.01. The third kappa shape index (κ3) is 4.01. The van der Waals surface area contributed by atoms with Gasteiger partial charge in [0.1, 0.15) is 23.7 Å². The minimum absolute atomic E-state index is 0.241. The second-order valence-corrected chi connectivity index (χ2v) is 7.70. The lowest BCUT2D eigenvalue weighted by Gasteiger charge is -2.12. The highest BCUT2D eigenvalue weighted by Gasteiger charge is 2.19. The highest BCUT2D eigenvalue weighted by atomic mass is 35.5. The Morgan fingerprint density at radius 1 is 1.23 bits per heavy atom. The fraction of sp³-hybridized carbons (Fsp3) is 0.182. The molecule has 6 nitrogen and oxygen atoms in total. The number of carbonyl (C=O) groups is 1. The van der Waals surface area contributed by atoms with E-state index in [9.17, 15) is 4.79 Å². The number of hydrogen-bond acceptors (Lipinski definition) is 5. The molecule has 2 aromatic heterocycles. The number of fused-ring (bicyclic) bond motifs is 1. The summed E-state index contributed by atoms with van der Waals surface area (Å²) in [7, 11) is 1.84. The first-order chi connectivity index (χ1) is 14.3. The molecule has 0 spiro atoms. The van der Waals surface area contributed by atoms with Crippen LogP contribution >= 0.6 is 23.2 Å². The van der Waals surface area contributed by atoms with Crippen molar-refractivity contribution < 1.29 is 18.7 Å². The maximum atomic E-state index is 11.5. The van der Waals surface area contributed by atoms with Crippen LogP contribution in [-0.2, 0) is 18.4 Å². The third-order valence-corrected chi connectivity index (χ3v) is 5.16. The van der Waals surface area contributed by atoms with Crippen LogP contribution in [-0.4, -0.2) is 15.7 Å². The van der Waals surface area contributed by atoms with Crippen LogP contribution in [0, 0.1) is 6.92 Å². The van der Waals surface area contributed by atoms with Crippen molar-refractivity contribution in [2.24, 2.45) is 7.05 Å². The summed E-state index contributed by atoms with van der Waals surface area (Å²) in [5.41, 5.74) is 2.99. The molecular weight excluding hydrogens is 427 g/mol. The molecule has 0 atom stereocenters. The first-order valence-electron chi connectivity index (χ1n) is 9.13. The summed E-state index contributed by atoms with van der Waals surface area (Å²) < 4.78 is 19.0. The standard InChI is InChI=1S/C22H18Cl2N2O4/c1-12-22(30-13(2)27)18-7-17(15-9-25-26(3)10-15)20(8-21(18)29-12)28-11-14-4-5-16(23)6-19(14)24/h4-10H,11H2,1-3H3. The maximum absolute atomic E-state index is 11.5. The van der Waals surface area contributed by atoms with E-state index < -0.39 is 5.97 Å². The van der Waals surface area contributed by atoms with Gasteiger partial charge in [-0.05, 0) is 25.1 Å². The average molecular weight is 445 g/mol. The molecule has 0 amide bonds. The van der Waals surface area contributed by atoms with Gasteiger partial charge in [0, 0.05) is 53.0 Å². The Balaban J connectivity index is 1.79. The van der Waals surface area contributed by atoms with Gasteiger partial charge >= 0.3 is 5.97 Å². The number of aryl methyl sites for hydroxylation is 2. The molecule has 0 radical (unpaired) electrons. The van der Waals surface area contributed by atoms with Crippen LogP contribution in [0.3, 0.4) is 0 Å². The molecule has 154 valence electrons. The van der Waals surface area contributed by atoms with E-state index in [2.05, 4.69) is 5.10 Å². The Bertz CT molecular complexity index is 1260. The minimum Gasteiger partial charge on any atom is -0.488 e. The van der Waals surface area contributed by atoms with Crippen molar-refractivity contribution in [3.8, 4) is 22.6 Å². The fourth-order valence-corrected chi connectivity index (χ4v) is 3.66. The van der Waals surface area contributed by atoms with Gasteiger partial charge in [0.05, 0.1) is 11.6 Å². The van der Waals surface area contributed by atoms with E-state index in [1.807, 2.05) is 25.4 Å². The van der Waals surface area contributed by atoms with Crippen LogP contribution < -0.4 is 9.47 Å². The minimum atomic E-state index is -0.415. The van der Waals surface area contributed by atoms with Crippen LogP contribution in [0.2, 0.25) is 10.0 Å². The molecule has 4 aromatic rings. The smallest absolute Gasteiger partial charge is 0.308 e. The molecule has 0 fully saturated rings. The number of carbonyl (C=O) groups excluding carboxylic acids is 1. The van der Waals surface area contributed by atoms with Crippen molar-refractivity contribution in [3.63, 3.8) is 0 Å². The van der Waals surface area contributed by atoms with Gasteiger partial charge in [-0.3, -0.25) is 9.48 Å². The molecule has 30 heavy (non-hydrogen) atoms. The van der Waals surface area contributed by atoms with E-state index >= 15 is 0 Å². The largest absolute Gasteiger partial charge is 0.488 e. The van der Waals surface area contributed by atoms with E-state index in [-0.39, 0.29) is 6.61 Å². The molecule has 0 aliphatic rings. The van der Waals surface area contributed by atoms with E-state index in [0.29, 0.717) is 38.3 Å². The molecule has 4 rings (SSSR count). The number of esters is 1. The monoisotopic (exact) mass is 444 g/mol. The Labute approximate surface area is 182 Å². The number of benzene rings is 2. The summed E-state index contributed by atoms with van der Waals surface area (Å²) in [6, 6.07) is 8.91. The second-order valence-electron chi connectivity index (χ2n) is 6.85. The normalized spacial score (nSPS) is 11.1. The molecule has 0 saturated carbocycles. The highest BCUT2D eigenvalue weighted by molar-refractivity contribution is 6.35. The Hall–Kier alpha value is -2.96. The molecule has 0 N–H and O–H groups in total. The molecule has 2 heterocycles. The van der Waals surface area contributed by atoms with Crippen LogP contribution in [0.4, 0.5) is 0 Å². The van der Waals surface area contributed by atoms with Crippen LogP contribution in [0.1, 0.15) is 18.2 Å². The first kappa shape index (κ1) is 20.3. The van der Waals surface area contributed by atoms with Gasteiger partial charge in [-0.1, -0.05) is 29.3 Å². The van der Waals surface area contributed by atoms with Crippen LogP contribution in [0.5, 0.6) is 11.5 Å². The van der Waals surface area contributed by atoms with Gasteiger partial charge in [0.15, 0.2) is 5.75 Å². The molecule has 0 saturated heterocycles. The number of furan rings is 1. The maximum Gasteiger partial charge on any atom is 0.308 e. The highest BCUT2D eigenvalue weighted by Crippen LogP contribution is 2.41. The average Bonchev–Trinajstić information content (AvgIpc) is 3.23. The van der Waals surface area contributed by atoms with Crippen molar-refractivity contribution in [2.75, 3.05) is 0 Å². The molecule has 0 aliphatic carbocycles. The van der Waals surface area contributed by atoms with Gasteiger partial charge in [0.2, 0.25) is 0 Å². The van der Waals surface area contributed by atoms with Crippen molar-refractivity contribution in [3.05, 3.63) is 64.1 Å². The van der Waals surface area contributed by atoms with Gasteiger partial charge < -0.3 is 13.9 Å². The molecule has 0 aliphatic heterocycles. The lowest BCUT2D eigenvalue weighted by Crippen LogP contribution is -2.02. The lowest BCUT2D eigenvalue weighted by molar-refractivity contribution is -0.131. The van der Waals surface area contributed by atoms with Crippen molar-refractivity contribution in [1.29, 1.82) is 0 Å². The lowest BCUT2D eigenvalue weighted by atomic mass is 10.1. The molecule has 0 bridgehead atoms. The molecule has 0 unspecified atom stereocenters. The molecular formula is C22H18Cl2N2O4. The van der Waals surface area contributed by atoms with E-state index in [0.717, 1.165) is 16.7 Å². The summed E-state index contributed by atoms with van der Waals surface area (Å²) in [6.45, 7) is 3.34. The molecule has 2 aromatic carbocycles. The number of ether oxygens (including phenoxy) is 2. The number of aromatic nitrogens is 2. The fourth-order valence-electron chi connectivity index (χ4n) is 3.19. The summed E-state index contributed by atoms with van der Waals surface area (Å²) in [5.74, 6) is 1.08.